The first-order valence-corrected chi connectivity index (χ1v) is 9.64. The predicted octanol–water partition coefficient (Wildman–Crippen LogP) is 2.99. The van der Waals surface area contributed by atoms with E-state index < -0.39 is 0 Å². The molecule has 0 spiro atoms. The maximum absolute atomic E-state index is 5.67. The summed E-state index contributed by atoms with van der Waals surface area (Å²) >= 11 is 0. The van der Waals surface area contributed by atoms with Crippen molar-refractivity contribution in [2.24, 2.45) is 5.92 Å². The van der Waals surface area contributed by atoms with E-state index in [9.17, 15) is 0 Å². The first kappa shape index (κ1) is 20.5. The zero-order valence-electron chi connectivity index (χ0n) is 15.7. The van der Waals surface area contributed by atoms with Gasteiger partial charge < -0.3 is 20.3 Å². The van der Waals surface area contributed by atoms with Crippen molar-refractivity contribution in [2.45, 2.75) is 45.2 Å². The Labute approximate surface area is 159 Å². The van der Waals surface area contributed by atoms with E-state index in [0.717, 1.165) is 45.3 Å². The van der Waals surface area contributed by atoms with E-state index in [1.54, 1.807) is 0 Å². The SMILES string of the molecule is CCN(CCNC1CCCC1C1COCCN1)c1cccc(C)c1.Cl. The van der Waals surface area contributed by atoms with Gasteiger partial charge in [-0.1, -0.05) is 18.6 Å². The molecule has 3 atom stereocenters. The van der Waals surface area contributed by atoms with Crippen LogP contribution in [-0.4, -0.2) is 51.5 Å². The highest BCUT2D eigenvalue weighted by Gasteiger charge is 2.34. The van der Waals surface area contributed by atoms with Crippen LogP contribution in [0.5, 0.6) is 0 Å². The number of benzene rings is 1. The van der Waals surface area contributed by atoms with Gasteiger partial charge in [-0.25, -0.2) is 0 Å². The summed E-state index contributed by atoms with van der Waals surface area (Å²) in [5, 5.41) is 7.50. The molecule has 1 aliphatic heterocycles. The maximum atomic E-state index is 5.67. The van der Waals surface area contributed by atoms with E-state index in [2.05, 4.69) is 53.6 Å². The Morgan fingerprint density at radius 3 is 2.92 bits per heavy atom. The van der Waals surface area contributed by atoms with Crippen molar-refractivity contribution in [1.29, 1.82) is 0 Å². The predicted molar refractivity (Wildman–Crippen MR) is 108 cm³/mol. The number of nitrogens with one attached hydrogen (secondary N) is 2. The van der Waals surface area contributed by atoms with E-state index in [0.29, 0.717) is 12.1 Å². The van der Waals surface area contributed by atoms with Crippen LogP contribution in [0.25, 0.3) is 0 Å². The standard InChI is InChI=1S/C20H33N3O.ClH/c1-3-23(17-7-4-6-16(2)14-17)12-10-21-19-9-5-8-18(19)20-15-24-13-11-22-20;/h4,6-7,14,18-22H,3,5,8-13,15H2,1-2H3;1H. The molecule has 4 nitrogen and oxygen atoms in total. The van der Waals surface area contributed by atoms with Crippen LogP contribution in [0.15, 0.2) is 24.3 Å². The summed E-state index contributed by atoms with van der Waals surface area (Å²) in [7, 11) is 0. The van der Waals surface area contributed by atoms with Gasteiger partial charge in [-0.3, -0.25) is 0 Å². The largest absolute Gasteiger partial charge is 0.379 e. The topological polar surface area (TPSA) is 36.5 Å². The Hall–Kier alpha value is -0.810. The van der Waals surface area contributed by atoms with E-state index in [4.69, 9.17) is 4.74 Å². The molecule has 1 saturated heterocycles. The van der Waals surface area contributed by atoms with Crippen molar-refractivity contribution in [3.63, 3.8) is 0 Å². The highest BCUT2D eigenvalue weighted by atomic mass is 35.5. The molecule has 142 valence electrons. The van der Waals surface area contributed by atoms with Gasteiger partial charge in [0.2, 0.25) is 0 Å². The van der Waals surface area contributed by atoms with Crippen LogP contribution in [0.2, 0.25) is 0 Å². The minimum Gasteiger partial charge on any atom is -0.379 e. The van der Waals surface area contributed by atoms with Gasteiger partial charge in [0, 0.05) is 44.0 Å². The Bertz CT molecular complexity index is 507. The molecule has 5 heteroatoms. The van der Waals surface area contributed by atoms with Crippen molar-refractivity contribution < 1.29 is 4.74 Å². The second kappa shape index (κ2) is 10.4. The van der Waals surface area contributed by atoms with Gasteiger partial charge in [-0.05, 0) is 50.3 Å². The van der Waals surface area contributed by atoms with Crippen LogP contribution in [0.1, 0.15) is 31.7 Å². The van der Waals surface area contributed by atoms with Gasteiger partial charge in [0.05, 0.1) is 13.2 Å². The van der Waals surface area contributed by atoms with E-state index in [1.807, 2.05) is 0 Å². The summed E-state index contributed by atoms with van der Waals surface area (Å²) in [6, 6.07) is 10.0. The van der Waals surface area contributed by atoms with Gasteiger partial charge in [0.1, 0.15) is 0 Å². The van der Waals surface area contributed by atoms with Crippen molar-refractivity contribution in [2.75, 3.05) is 44.3 Å². The lowest BCUT2D eigenvalue weighted by Crippen LogP contribution is -2.51. The van der Waals surface area contributed by atoms with Gasteiger partial charge in [-0.15, -0.1) is 12.4 Å². The van der Waals surface area contributed by atoms with Crippen LogP contribution in [0.4, 0.5) is 5.69 Å². The Morgan fingerprint density at radius 1 is 1.32 bits per heavy atom. The molecule has 3 rings (SSSR count). The monoisotopic (exact) mass is 367 g/mol. The lowest BCUT2D eigenvalue weighted by molar-refractivity contribution is 0.0526. The van der Waals surface area contributed by atoms with Crippen LogP contribution in [0.3, 0.4) is 0 Å². The second-order valence-electron chi connectivity index (χ2n) is 7.21. The molecule has 1 heterocycles. The highest BCUT2D eigenvalue weighted by molar-refractivity contribution is 5.85. The Morgan fingerprint density at radius 2 is 2.20 bits per heavy atom. The fraction of sp³-hybridized carbons (Fsp3) is 0.700. The molecule has 1 aromatic carbocycles. The first-order chi connectivity index (χ1) is 11.8. The number of ether oxygens (including phenoxy) is 1. The van der Waals surface area contributed by atoms with E-state index in [1.165, 1.54) is 30.5 Å². The molecular formula is C20H34ClN3O. The minimum absolute atomic E-state index is 0. The highest BCUT2D eigenvalue weighted by Crippen LogP contribution is 2.29. The van der Waals surface area contributed by atoms with Crippen LogP contribution in [-0.2, 0) is 4.74 Å². The fourth-order valence-electron chi connectivity index (χ4n) is 4.26. The molecule has 0 bridgehead atoms. The summed E-state index contributed by atoms with van der Waals surface area (Å²) < 4.78 is 5.67. The number of aryl methyl sites for hydroxylation is 1. The molecule has 25 heavy (non-hydrogen) atoms. The molecule has 2 N–H and O–H groups in total. The molecule has 2 aliphatic rings. The number of hydrogen-bond acceptors (Lipinski definition) is 4. The minimum atomic E-state index is 0. The number of anilines is 1. The Kier molecular flexibility index (Phi) is 8.50. The van der Waals surface area contributed by atoms with E-state index in [-0.39, 0.29) is 12.4 Å². The molecule has 1 saturated carbocycles. The van der Waals surface area contributed by atoms with Crippen LogP contribution in [0, 0.1) is 12.8 Å². The van der Waals surface area contributed by atoms with E-state index >= 15 is 0 Å². The van der Waals surface area contributed by atoms with Crippen LogP contribution < -0.4 is 15.5 Å². The summed E-state index contributed by atoms with van der Waals surface area (Å²) in [6.07, 6.45) is 3.98. The molecule has 3 unspecified atom stereocenters. The molecule has 0 radical (unpaired) electrons. The average molecular weight is 368 g/mol. The molecule has 1 aliphatic carbocycles. The smallest absolute Gasteiger partial charge is 0.0623 e. The lowest BCUT2D eigenvalue weighted by atomic mass is 9.94. The van der Waals surface area contributed by atoms with Gasteiger partial charge >= 0.3 is 0 Å². The second-order valence-corrected chi connectivity index (χ2v) is 7.21. The third-order valence-electron chi connectivity index (χ3n) is 5.57. The summed E-state index contributed by atoms with van der Waals surface area (Å²) in [5.74, 6) is 0.722. The third kappa shape index (κ3) is 5.58. The van der Waals surface area contributed by atoms with Gasteiger partial charge in [0.15, 0.2) is 0 Å². The molecular weight excluding hydrogens is 334 g/mol. The first-order valence-electron chi connectivity index (χ1n) is 9.64. The summed E-state index contributed by atoms with van der Waals surface area (Å²) in [4.78, 5) is 2.46. The zero-order chi connectivity index (χ0) is 16.8. The maximum Gasteiger partial charge on any atom is 0.0623 e. The average Bonchev–Trinajstić information content (AvgIpc) is 3.08. The van der Waals surface area contributed by atoms with Gasteiger partial charge in [-0.2, -0.15) is 0 Å². The van der Waals surface area contributed by atoms with Gasteiger partial charge in [0.25, 0.3) is 0 Å². The lowest BCUT2D eigenvalue weighted by Gasteiger charge is -2.33. The number of nitrogens with zero attached hydrogens (tertiary/aromatic N) is 1. The molecule has 0 amide bonds. The van der Waals surface area contributed by atoms with Crippen molar-refractivity contribution in [3.8, 4) is 0 Å². The number of morpholine rings is 1. The Balaban J connectivity index is 0.00000225. The molecule has 1 aromatic rings. The summed E-state index contributed by atoms with van der Waals surface area (Å²) in [6.45, 7) is 10.3. The van der Waals surface area contributed by atoms with Crippen molar-refractivity contribution >= 4 is 18.1 Å². The molecule has 0 aromatic heterocycles. The quantitative estimate of drug-likeness (QED) is 0.776. The number of halogens is 1. The molecule has 2 fully saturated rings. The fourth-order valence-corrected chi connectivity index (χ4v) is 4.26. The number of likely N-dealkylation sites (N-methyl/N-ethyl adjacent to an activating group) is 1. The zero-order valence-corrected chi connectivity index (χ0v) is 16.5. The normalized spacial score (nSPS) is 26.2. The van der Waals surface area contributed by atoms with Crippen molar-refractivity contribution in [1.82, 2.24) is 10.6 Å². The number of hydrogen-bond donors (Lipinski definition) is 2. The number of rotatable bonds is 7. The van der Waals surface area contributed by atoms with Crippen LogP contribution >= 0.6 is 12.4 Å². The summed E-state index contributed by atoms with van der Waals surface area (Å²) in [5.41, 5.74) is 2.67. The third-order valence-corrected chi connectivity index (χ3v) is 5.57. The van der Waals surface area contributed by atoms with Crippen molar-refractivity contribution in [3.05, 3.63) is 29.8 Å².